The summed E-state index contributed by atoms with van der Waals surface area (Å²) >= 11 is 6.17. The Morgan fingerprint density at radius 2 is 1.91 bits per heavy atom. The Balaban J connectivity index is 2.22. The van der Waals surface area contributed by atoms with E-state index in [4.69, 9.17) is 26.8 Å². The molecule has 0 fully saturated rings. The number of fused-ring (bicyclic) bond motifs is 1. The molecule has 122 valence electrons. The highest BCUT2D eigenvalue weighted by atomic mass is 35.5. The molecule has 23 heavy (non-hydrogen) atoms. The third-order valence-electron chi connectivity index (χ3n) is 3.54. The molecule has 0 aliphatic carbocycles. The quantitative estimate of drug-likeness (QED) is 0.892. The molecule has 2 aromatic rings. The Morgan fingerprint density at radius 1 is 1.17 bits per heavy atom. The van der Waals surface area contributed by atoms with Crippen molar-refractivity contribution in [1.82, 2.24) is 0 Å². The van der Waals surface area contributed by atoms with Crippen molar-refractivity contribution in [2.75, 3.05) is 13.2 Å². The third-order valence-corrected chi connectivity index (χ3v) is 3.86. The van der Waals surface area contributed by atoms with Gasteiger partial charge in [0.05, 0.1) is 10.6 Å². The Bertz CT molecular complexity index is 734. The number of hydrogen-bond donors (Lipinski definition) is 1. The fourth-order valence-electron chi connectivity index (χ4n) is 2.47. The van der Waals surface area contributed by atoms with Gasteiger partial charge in [0.2, 0.25) is 0 Å². The zero-order valence-electron chi connectivity index (χ0n) is 11.9. The molecule has 0 unspecified atom stereocenters. The normalized spacial score (nSPS) is 17.2. The Morgan fingerprint density at radius 3 is 2.61 bits per heavy atom. The molecule has 2 N–H and O–H groups in total. The number of nitrogens with two attached hydrogens (primary N) is 1. The van der Waals surface area contributed by atoms with Crippen molar-refractivity contribution in [3.8, 4) is 22.6 Å². The lowest BCUT2D eigenvalue weighted by atomic mass is 9.97. The molecular weight excluding hydrogens is 331 g/mol. The zero-order chi connectivity index (χ0) is 16.6. The van der Waals surface area contributed by atoms with Crippen molar-refractivity contribution in [1.29, 1.82) is 0 Å². The molecule has 1 aliphatic rings. The van der Waals surface area contributed by atoms with Crippen LogP contribution in [0.15, 0.2) is 36.4 Å². The van der Waals surface area contributed by atoms with Gasteiger partial charge < -0.3 is 15.2 Å². The van der Waals surface area contributed by atoms with Gasteiger partial charge in [-0.3, -0.25) is 0 Å². The average molecular weight is 344 g/mol. The third kappa shape index (κ3) is 2.96. The predicted octanol–water partition coefficient (Wildman–Crippen LogP) is 4.12. The Kier molecular flexibility index (Phi) is 4.12. The van der Waals surface area contributed by atoms with E-state index in [1.807, 2.05) is 0 Å². The van der Waals surface area contributed by atoms with E-state index in [9.17, 15) is 13.2 Å². The maximum atomic E-state index is 13.3. The molecule has 0 radical (unpaired) electrons. The van der Waals surface area contributed by atoms with Crippen LogP contribution in [0.5, 0.6) is 11.5 Å². The van der Waals surface area contributed by atoms with Gasteiger partial charge in [-0.2, -0.15) is 13.2 Å². The molecule has 1 heterocycles. The summed E-state index contributed by atoms with van der Waals surface area (Å²) in [5.41, 5.74) is 4.89. The van der Waals surface area contributed by atoms with Gasteiger partial charge in [0.1, 0.15) is 12.7 Å². The van der Waals surface area contributed by atoms with E-state index in [1.54, 1.807) is 6.07 Å². The van der Waals surface area contributed by atoms with E-state index in [0.717, 1.165) is 6.07 Å². The molecule has 3 rings (SSSR count). The van der Waals surface area contributed by atoms with Gasteiger partial charge in [-0.25, -0.2) is 0 Å². The summed E-state index contributed by atoms with van der Waals surface area (Å²) in [6, 6.07) is 8.29. The lowest BCUT2D eigenvalue weighted by molar-refractivity contribution is -0.137. The summed E-state index contributed by atoms with van der Waals surface area (Å²) in [5.74, 6) is 0.543. The van der Waals surface area contributed by atoms with Crippen LogP contribution in [0.3, 0.4) is 0 Å². The lowest BCUT2D eigenvalue weighted by Gasteiger charge is -2.28. The van der Waals surface area contributed by atoms with Crippen LogP contribution in [-0.4, -0.2) is 19.3 Å². The second-order valence-electron chi connectivity index (χ2n) is 5.08. The van der Waals surface area contributed by atoms with Crippen LogP contribution in [-0.2, 0) is 6.18 Å². The minimum absolute atomic E-state index is 0.0527. The predicted molar refractivity (Wildman–Crippen MR) is 80.9 cm³/mol. The first-order chi connectivity index (χ1) is 10.9. The van der Waals surface area contributed by atoms with Crippen molar-refractivity contribution in [3.05, 3.63) is 47.0 Å². The van der Waals surface area contributed by atoms with Crippen molar-refractivity contribution in [2.45, 2.75) is 12.3 Å². The van der Waals surface area contributed by atoms with Gasteiger partial charge in [0.15, 0.2) is 11.5 Å². The van der Waals surface area contributed by atoms with Crippen LogP contribution in [0, 0.1) is 0 Å². The number of alkyl halides is 3. The van der Waals surface area contributed by atoms with Gasteiger partial charge in [-0.05, 0) is 23.8 Å². The van der Waals surface area contributed by atoms with E-state index in [2.05, 4.69) is 0 Å². The van der Waals surface area contributed by atoms with Gasteiger partial charge >= 0.3 is 6.18 Å². The van der Waals surface area contributed by atoms with Gasteiger partial charge in [-0.15, -0.1) is 0 Å². The van der Waals surface area contributed by atoms with E-state index >= 15 is 0 Å². The van der Waals surface area contributed by atoms with Gasteiger partial charge in [0, 0.05) is 12.1 Å². The van der Waals surface area contributed by atoms with Gasteiger partial charge in [-0.1, -0.05) is 29.8 Å². The lowest BCUT2D eigenvalue weighted by Crippen LogP contribution is -2.36. The topological polar surface area (TPSA) is 44.5 Å². The van der Waals surface area contributed by atoms with Crippen LogP contribution in [0.2, 0.25) is 5.02 Å². The minimum Gasteiger partial charge on any atom is -0.486 e. The monoisotopic (exact) mass is 343 g/mol. The van der Waals surface area contributed by atoms with Crippen molar-refractivity contribution >= 4 is 11.6 Å². The highest BCUT2D eigenvalue weighted by Gasteiger charge is 2.35. The average Bonchev–Trinajstić information content (AvgIpc) is 2.53. The maximum absolute atomic E-state index is 13.3. The van der Waals surface area contributed by atoms with Crippen molar-refractivity contribution in [3.63, 3.8) is 0 Å². The molecule has 1 aliphatic heterocycles. The number of hydrogen-bond acceptors (Lipinski definition) is 3. The smallest absolute Gasteiger partial charge is 0.417 e. The summed E-state index contributed by atoms with van der Waals surface area (Å²) < 4.78 is 51.2. The summed E-state index contributed by atoms with van der Waals surface area (Å²) in [7, 11) is 0. The zero-order valence-corrected chi connectivity index (χ0v) is 12.6. The molecule has 7 heteroatoms. The van der Waals surface area contributed by atoms with Crippen LogP contribution in [0.1, 0.15) is 5.56 Å². The van der Waals surface area contributed by atoms with Crippen molar-refractivity contribution < 1.29 is 22.6 Å². The second kappa shape index (κ2) is 5.94. The molecule has 1 atom stereocenters. The standard InChI is InChI=1S/C16H13ClF3NO2/c17-12-5-6-13-15(23-9(7-21)8-22-13)14(12)10-3-1-2-4-11(10)16(18,19)20/h1-6,9H,7-8,21H2/t9-/m0/s1. The van der Waals surface area contributed by atoms with Crippen molar-refractivity contribution in [2.24, 2.45) is 5.73 Å². The first-order valence-corrected chi connectivity index (χ1v) is 7.28. The number of halogens is 4. The minimum atomic E-state index is -4.51. The highest BCUT2D eigenvalue weighted by Crippen LogP contribution is 2.48. The summed E-state index contributed by atoms with van der Waals surface area (Å²) in [6.45, 7) is 0.428. The first kappa shape index (κ1) is 16.0. The molecule has 0 amide bonds. The highest BCUT2D eigenvalue weighted by molar-refractivity contribution is 6.34. The van der Waals surface area contributed by atoms with Crippen LogP contribution >= 0.6 is 11.6 Å². The fraction of sp³-hybridized carbons (Fsp3) is 0.250. The second-order valence-corrected chi connectivity index (χ2v) is 5.49. The van der Waals surface area contributed by atoms with Crippen LogP contribution in [0.4, 0.5) is 13.2 Å². The molecule has 0 saturated carbocycles. The van der Waals surface area contributed by atoms with E-state index < -0.39 is 17.8 Å². The molecule has 3 nitrogen and oxygen atoms in total. The molecular formula is C16H13ClF3NO2. The van der Waals surface area contributed by atoms with Crippen LogP contribution in [0.25, 0.3) is 11.1 Å². The molecule has 2 aromatic carbocycles. The molecule has 0 spiro atoms. The van der Waals surface area contributed by atoms with E-state index in [-0.39, 0.29) is 35.1 Å². The molecule has 0 aromatic heterocycles. The number of benzene rings is 2. The Hall–Kier alpha value is -1.92. The summed E-state index contributed by atoms with van der Waals surface area (Å²) in [4.78, 5) is 0. The first-order valence-electron chi connectivity index (χ1n) is 6.90. The fourth-order valence-corrected chi connectivity index (χ4v) is 2.72. The maximum Gasteiger partial charge on any atom is 0.417 e. The van der Waals surface area contributed by atoms with Gasteiger partial charge in [0.25, 0.3) is 0 Å². The van der Waals surface area contributed by atoms with Crippen LogP contribution < -0.4 is 15.2 Å². The summed E-state index contributed by atoms with van der Waals surface area (Å²) in [6.07, 6.45) is -4.94. The summed E-state index contributed by atoms with van der Waals surface area (Å²) in [5, 5.41) is 0.154. The largest absolute Gasteiger partial charge is 0.486 e. The number of ether oxygens (including phenoxy) is 2. The Labute approximate surface area is 135 Å². The van der Waals surface area contributed by atoms with E-state index in [0.29, 0.717) is 5.75 Å². The molecule has 0 saturated heterocycles. The SMILES string of the molecule is NC[C@H]1COc2ccc(Cl)c(-c3ccccc3C(F)(F)F)c2O1. The van der Waals surface area contributed by atoms with E-state index in [1.165, 1.54) is 24.3 Å². The molecule has 0 bridgehead atoms. The number of rotatable bonds is 2.